The van der Waals surface area contributed by atoms with Crippen molar-refractivity contribution in [2.75, 3.05) is 6.54 Å². The third-order valence-corrected chi connectivity index (χ3v) is 3.50. The molecule has 0 saturated carbocycles. The number of nitro groups is 1. The summed E-state index contributed by atoms with van der Waals surface area (Å²) in [6.45, 7) is 3.94. The highest BCUT2D eigenvalue weighted by atomic mass is 16.6. The van der Waals surface area contributed by atoms with E-state index in [1.54, 1.807) is 25.1 Å². The average Bonchev–Trinajstić information content (AvgIpc) is 2.98. The second-order valence-corrected chi connectivity index (χ2v) is 4.91. The van der Waals surface area contributed by atoms with Crippen molar-refractivity contribution in [1.82, 2.24) is 5.32 Å². The van der Waals surface area contributed by atoms with Crippen LogP contribution >= 0.6 is 0 Å². The largest absolute Gasteiger partial charge is 0.467 e. The van der Waals surface area contributed by atoms with Crippen LogP contribution < -0.4 is 5.32 Å². The second kappa shape index (κ2) is 6.51. The van der Waals surface area contributed by atoms with Gasteiger partial charge in [-0.15, -0.1) is 0 Å². The van der Waals surface area contributed by atoms with Crippen molar-refractivity contribution >= 4 is 5.69 Å². The number of hydrogen-bond donors (Lipinski definition) is 2. The lowest BCUT2D eigenvalue weighted by Gasteiger charge is -2.18. The average molecular weight is 290 g/mol. The van der Waals surface area contributed by atoms with Crippen molar-refractivity contribution in [3.05, 3.63) is 63.6 Å². The van der Waals surface area contributed by atoms with E-state index in [0.29, 0.717) is 17.9 Å². The number of aliphatic hydroxyl groups excluding tert-OH is 1. The first-order valence-electron chi connectivity index (χ1n) is 6.69. The Labute approximate surface area is 122 Å². The summed E-state index contributed by atoms with van der Waals surface area (Å²) in [5.41, 5.74) is 1.58. The molecule has 0 radical (unpaired) electrons. The molecule has 0 spiro atoms. The zero-order chi connectivity index (χ0) is 15.4. The van der Waals surface area contributed by atoms with E-state index in [4.69, 9.17) is 4.42 Å². The van der Waals surface area contributed by atoms with Crippen molar-refractivity contribution in [2.45, 2.75) is 26.0 Å². The van der Waals surface area contributed by atoms with Crippen molar-refractivity contribution in [3.63, 3.8) is 0 Å². The first-order valence-corrected chi connectivity index (χ1v) is 6.69. The van der Waals surface area contributed by atoms with Gasteiger partial charge in [-0.1, -0.05) is 12.1 Å². The Morgan fingerprint density at radius 1 is 1.38 bits per heavy atom. The summed E-state index contributed by atoms with van der Waals surface area (Å²) in [4.78, 5) is 10.6. The normalized spacial score (nSPS) is 13.9. The maximum Gasteiger partial charge on any atom is 0.272 e. The summed E-state index contributed by atoms with van der Waals surface area (Å²) in [6, 6.07) is 8.31. The van der Waals surface area contributed by atoms with Gasteiger partial charge in [0.05, 0.1) is 11.2 Å². The van der Waals surface area contributed by atoms with Crippen molar-refractivity contribution < 1.29 is 14.4 Å². The van der Waals surface area contributed by atoms with Gasteiger partial charge in [0.15, 0.2) is 0 Å². The Bertz CT molecular complexity index is 610. The number of hydrogen-bond acceptors (Lipinski definition) is 5. The molecule has 0 amide bonds. The molecule has 0 aliphatic carbocycles. The zero-order valence-corrected chi connectivity index (χ0v) is 11.9. The van der Waals surface area contributed by atoms with Gasteiger partial charge in [-0.05, 0) is 31.5 Å². The van der Waals surface area contributed by atoms with Crippen LogP contribution in [0.25, 0.3) is 0 Å². The molecule has 2 rings (SSSR count). The number of rotatable bonds is 6. The minimum Gasteiger partial charge on any atom is -0.467 e. The predicted octanol–water partition coefficient (Wildman–Crippen LogP) is 2.88. The maximum atomic E-state index is 11.0. The molecule has 0 saturated heterocycles. The smallest absolute Gasteiger partial charge is 0.272 e. The van der Waals surface area contributed by atoms with Crippen LogP contribution in [-0.2, 0) is 0 Å². The third kappa shape index (κ3) is 3.48. The highest BCUT2D eigenvalue weighted by molar-refractivity contribution is 5.45. The number of aliphatic hydroxyl groups is 1. The van der Waals surface area contributed by atoms with Gasteiger partial charge in [-0.3, -0.25) is 10.1 Å². The number of nitrogens with one attached hydrogen (secondary N) is 1. The fourth-order valence-electron chi connectivity index (χ4n) is 2.29. The van der Waals surface area contributed by atoms with Crippen LogP contribution in [0, 0.1) is 17.0 Å². The second-order valence-electron chi connectivity index (χ2n) is 4.91. The summed E-state index contributed by atoms with van der Waals surface area (Å²) in [6.07, 6.45) is 0.758. The molecule has 6 nitrogen and oxygen atoms in total. The Kier molecular flexibility index (Phi) is 4.72. The summed E-state index contributed by atoms with van der Waals surface area (Å²) >= 11 is 0. The van der Waals surface area contributed by atoms with E-state index in [1.165, 1.54) is 12.3 Å². The molecule has 0 aliphatic rings. The van der Waals surface area contributed by atoms with Crippen LogP contribution in [0.1, 0.15) is 36.0 Å². The number of nitrogens with zero attached hydrogens (tertiary/aromatic N) is 1. The molecular formula is C15H18N2O4. The van der Waals surface area contributed by atoms with Gasteiger partial charge in [0.1, 0.15) is 11.9 Å². The molecule has 2 atom stereocenters. The summed E-state index contributed by atoms with van der Waals surface area (Å²) in [5.74, 6) is 0.491. The molecule has 2 N–H and O–H groups in total. The van der Waals surface area contributed by atoms with Gasteiger partial charge in [0.2, 0.25) is 0 Å². The molecule has 21 heavy (non-hydrogen) atoms. The van der Waals surface area contributed by atoms with Gasteiger partial charge < -0.3 is 14.8 Å². The standard InChI is InChI=1S/C15H18N2O4/c1-10-12(5-3-6-13(10)17(19)20)11(2)16-9-14(18)15-7-4-8-21-15/h3-8,11,14,16,18H,9H2,1-2H3. The molecule has 0 aliphatic heterocycles. The molecule has 2 unspecified atom stereocenters. The van der Waals surface area contributed by atoms with Gasteiger partial charge in [0, 0.05) is 24.2 Å². The first kappa shape index (κ1) is 15.2. The zero-order valence-electron chi connectivity index (χ0n) is 11.9. The molecule has 1 heterocycles. The number of benzene rings is 1. The monoisotopic (exact) mass is 290 g/mol. The summed E-state index contributed by atoms with van der Waals surface area (Å²) < 4.78 is 5.13. The molecule has 1 aromatic heterocycles. The molecule has 2 aromatic rings. The Morgan fingerprint density at radius 2 is 2.14 bits per heavy atom. The van der Waals surface area contributed by atoms with Gasteiger partial charge >= 0.3 is 0 Å². The topological polar surface area (TPSA) is 88.5 Å². The van der Waals surface area contributed by atoms with Crippen LogP contribution in [-0.4, -0.2) is 16.6 Å². The Balaban J connectivity index is 2.05. The minimum atomic E-state index is -0.749. The van der Waals surface area contributed by atoms with E-state index in [0.717, 1.165) is 5.56 Å². The van der Waals surface area contributed by atoms with E-state index in [9.17, 15) is 15.2 Å². The van der Waals surface area contributed by atoms with Gasteiger partial charge in [0.25, 0.3) is 5.69 Å². The lowest BCUT2D eigenvalue weighted by Crippen LogP contribution is -2.25. The lowest BCUT2D eigenvalue weighted by molar-refractivity contribution is -0.385. The number of furan rings is 1. The molecule has 1 aromatic carbocycles. The molecule has 0 bridgehead atoms. The van der Waals surface area contributed by atoms with Crippen LogP contribution in [0.2, 0.25) is 0 Å². The lowest BCUT2D eigenvalue weighted by atomic mass is 10.0. The predicted molar refractivity (Wildman–Crippen MR) is 77.9 cm³/mol. The highest BCUT2D eigenvalue weighted by Crippen LogP contribution is 2.26. The molecular weight excluding hydrogens is 272 g/mol. The molecule has 112 valence electrons. The fraction of sp³-hybridized carbons (Fsp3) is 0.333. The molecule has 0 fully saturated rings. The van der Waals surface area contributed by atoms with Gasteiger partial charge in [-0.25, -0.2) is 0 Å². The van der Waals surface area contributed by atoms with Crippen molar-refractivity contribution in [1.29, 1.82) is 0 Å². The Morgan fingerprint density at radius 3 is 2.76 bits per heavy atom. The Hall–Kier alpha value is -2.18. The van der Waals surface area contributed by atoms with Gasteiger partial charge in [-0.2, -0.15) is 0 Å². The highest BCUT2D eigenvalue weighted by Gasteiger charge is 2.18. The summed E-state index contributed by atoms with van der Waals surface area (Å²) in [5, 5.41) is 24.1. The maximum absolute atomic E-state index is 11.0. The van der Waals surface area contributed by atoms with Crippen LogP contribution in [0.4, 0.5) is 5.69 Å². The van der Waals surface area contributed by atoms with Crippen LogP contribution in [0.5, 0.6) is 0 Å². The van der Waals surface area contributed by atoms with Crippen molar-refractivity contribution in [2.24, 2.45) is 0 Å². The van der Waals surface area contributed by atoms with Crippen LogP contribution in [0.15, 0.2) is 41.0 Å². The minimum absolute atomic E-state index is 0.104. The van der Waals surface area contributed by atoms with Crippen molar-refractivity contribution in [3.8, 4) is 0 Å². The van der Waals surface area contributed by atoms with E-state index < -0.39 is 6.10 Å². The summed E-state index contributed by atoms with van der Waals surface area (Å²) in [7, 11) is 0. The SMILES string of the molecule is Cc1c(C(C)NCC(O)c2ccco2)cccc1[N+](=O)[O-]. The van der Waals surface area contributed by atoms with E-state index in [1.807, 2.05) is 13.0 Å². The molecule has 6 heteroatoms. The quantitative estimate of drug-likeness (QED) is 0.631. The number of nitro benzene ring substituents is 1. The third-order valence-electron chi connectivity index (χ3n) is 3.50. The van der Waals surface area contributed by atoms with E-state index >= 15 is 0 Å². The van der Waals surface area contributed by atoms with E-state index in [2.05, 4.69) is 5.32 Å². The van der Waals surface area contributed by atoms with Crippen LogP contribution in [0.3, 0.4) is 0 Å². The fourth-order valence-corrected chi connectivity index (χ4v) is 2.29. The van der Waals surface area contributed by atoms with E-state index in [-0.39, 0.29) is 16.7 Å². The first-order chi connectivity index (χ1) is 10.0.